The van der Waals surface area contributed by atoms with Crippen molar-refractivity contribution < 1.29 is 19.4 Å². The number of phenolic OH excluding ortho intramolecular Hbond substituents is 1. The fourth-order valence-electron chi connectivity index (χ4n) is 2.39. The number of aryl methyl sites for hydroxylation is 1. The second-order valence-corrected chi connectivity index (χ2v) is 6.27. The zero-order valence-corrected chi connectivity index (χ0v) is 20.8. The largest absolute Gasteiger partial charge is 0.504 e. The van der Waals surface area contributed by atoms with E-state index in [0.29, 0.717) is 12.4 Å². The SMILES string of the molecule is CC.CC.COc1ccc(/C=C/C(C)=O)cc1O.Cc1ccccc1COc1ccncc1. The zero-order chi connectivity index (χ0) is 25.1. The van der Waals surface area contributed by atoms with Crippen molar-refractivity contribution in [1.29, 1.82) is 0 Å². The van der Waals surface area contributed by atoms with Crippen LogP contribution in [0.2, 0.25) is 0 Å². The quantitative estimate of drug-likeness (QED) is 0.408. The Morgan fingerprint density at radius 2 is 1.64 bits per heavy atom. The molecule has 0 unspecified atom stereocenters. The molecule has 1 aromatic heterocycles. The minimum atomic E-state index is -0.0275. The van der Waals surface area contributed by atoms with Crippen LogP contribution >= 0.6 is 0 Å². The summed E-state index contributed by atoms with van der Waals surface area (Å²) < 4.78 is 10.5. The second-order valence-electron chi connectivity index (χ2n) is 6.27. The highest BCUT2D eigenvalue weighted by atomic mass is 16.5. The van der Waals surface area contributed by atoms with E-state index in [0.717, 1.165) is 11.3 Å². The van der Waals surface area contributed by atoms with Crippen molar-refractivity contribution in [2.24, 2.45) is 0 Å². The summed E-state index contributed by atoms with van der Waals surface area (Å²) in [5.41, 5.74) is 3.24. The molecule has 2 aromatic carbocycles. The number of rotatable bonds is 6. The monoisotopic (exact) mass is 451 g/mol. The molecule has 178 valence electrons. The van der Waals surface area contributed by atoms with Crippen LogP contribution in [0.5, 0.6) is 17.2 Å². The van der Waals surface area contributed by atoms with Crippen LogP contribution < -0.4 is 9.47 Å². The van der Waals surface area contributed by atoms with Gasteiger partial charge in [-0.15, -0.1) is 0 Å². The van der Waals surface area contributed by atoms with Crippen LogP contribution in [0.3, 0.4) is 0 Å². The minimum absolute atomic E-state index is 0.0275. The zero-order valence-electron chi connectivity index (χ0n) is 20.8. The molecule has 0 saturated heterocycles. The fourth-order valence-corrected chi connectivity index (χ4v) is 2.39. The maximum atomic E-state index is 10.7. The van der Waals surface area contributed by atoms with Gasteiger partial charge in [-0.1, -0.05) is 64.1 Å². The third-order valence-corrected chi connectivity index (χ3v) is 4.02. The number of ketones is 1. The maximum absolute atomic E-state index is 10.7. The highest BCUT2D eigenvalue weighted by Gasteiger charge is 2.00. The van der Waals surface area contributed by atoms with Crippen LogP contribution in [0.1, 0.15) is 51.3 Å². The number of allylic oxidation sites excluding steroid dienone is 1. The topological polar surface area (TPSA) is 68.7 Å². The Morgan fingerprint density at radius 3 is 2.18 bits per heavy atom. The lowest BCUT2D eigenvalue weighted by Gasteiger charge is -2.07. The number of hydrogen-bond acceptors (Lipinski definition) is 5. The molecule has 0 fully saturated rings. The molecule has 0 aliphatic carbocycles. The summed E-state index contributed by atoms with van der Waals surface area (Å²) in [6.45, 7) is 12.2. The summed E-state index contributed by atoms with van der Waals surface area (Å²) in [5.74, 6) is 1.32. The van der Waals surface area contributed by atoms with Crippen LogP contribution in [0.15, 0.2) is 73.1 Å². The van der Waals surface area contributed by atoms with Crippen LogP contribution in [-0.4, -0.2) is 23.0 Å². The number of carbonyl (C=O) groups is 1. The van der Waals surface area contributed by atoms with E-state index in [4.69, 9.17) is 9.47 Å². The molecular weight excluding hydrogens is 414 g/mol. The van der Waals surface area contributed by atoms with Gasteiger partial charge in [-0.2, -0.15) is 0 Å². The van der Waals surface area contributed by atoms with Crippen LogP contribution in [0, 0.1) is 6.92 Å². The molecule has 3 aromatic rings. The number of nitrogens with zero attached hydrogens (tertiary/aromatic N) is 1. The minimum Gasteiger partial charge on any atom is -0.504 e. The number of hydrogen-bond donors (Lipinski definition) is 1. The molecule has 0 radical (unpaired) electrons. The molecule has 0 aliphatic rings. The molecular formula is C28H37NO4. The summed E-state index contributed by atoms with van der Waals surface area (Å²) >= 11 is 0. The van der Waals surface area contributed by atoms with Crippen LogP contribution in [0.25, 0.3) is 6.08 Å². The molecule has 1 heterocycles. The average molecular weight is 452 g/mol. The molecule has 0 aliphatic heterocycles. The lowest BCUT2D eigenvalue weighted by atomic mass is 10.1. The first-order chi connectivity index (χ1) is 16.0. The first-order valence-corrected chi connectivity index (χ1v) is 11.1. The van der Waals surface area contributed by atoms with E-state index in [9.17, 15) is 9.90 Å². The van der Waals surface area contributed by atoms with Crippen molar-refractivity contribution >= 4 is 11.9 Å². The molecule has 0 amide bonds. The Bertz CT molecular complexity index is 953. The van der Waals surface area contributed by atoms with E-state index in [-0.39, 0.29) is 11.5 Å². The molecule has 0 bridgehead atoms. The number of ether oxygens (including phenoxy) is 2. The van der Waals surface area contributed by atoms with Gasteiger partial charge >= 0.3 is 0 Å². The predicted octanol–water partition coefficient (Wildman–Crippen LogP) is 7.02. The van der Waals surface area contributed by atoms with Gasteiger partial charge < -0.3 is 14.6 Å². The molecule has 0 spiro atoms. The highest BCUT2D eigenvalue weighted by molar-refractivity contribution is 5.91. The fraction of sp³-hybridized carbons (Fsp3) is 0.286. The molecule has 3 rings (SSSR count). The van der Waals surface area contributed by atoms with Gasteiger partial charge in [-0.3, -0.25) is 9.78 Å². The molecule has 33 heavy (non-hydrogen) atoms. The Labute approximate surface area is 198 Å². The molecule has 0 atom stereocenters. The van der Waals surface area contributed by atoms with Crippen molar-refractivity contribution in [3.8, 4) is 17.2 Å². The van der Waals surface area contributed by atoms with E-state index in [1.807, 2.05) is 52.0 Å². The van der Waals surface area contributed by atoms with Crippen molar-refractivity contribution in [3.63, 3.8) is 0 Å². The third kappa shape index (κ3) is 12.1. The van der Waals surface area contributed by atoms with Gasteiger partial charge in [0, 0.05) is 12.4 Å². The van der Waals surface area contributed by atoms with Gasteiger partial charge in [-0.25, -0.2) is 0 Å². The lowest BCUT2D eigenvalue weighted by molar-refractivity contribution is -0.112. The van der Waals surface area contributed by atoms with Gasteiger partial charge in [0.25, 0.3) is 0 Å². The number of methoxy groups -OCH3 is 1. The summed E-state index contributed by atoms with van der Waals surface area (Å²) in [4.78, 5) is 14.6. The van der Waals surface area contributed by atoms with E-state index in [1.165, 1.54) is 37.3 Å². The van der Waals surface area contributed by atoms with Crippen LogP contribution in [-0.2, 0) is 11.4 Å². The predicted molar refractivity (Wildman–Crippen MR) is 137 cm³/mol. The number of phenols is 1. The smallest absolute Gasteiger partial charge is 0.160 e. The van der Waals surface area contributed by atoms with E-state index in [2.05, 4.69) is 24.0 Å². The average Bonchev–Trinajstić information content (AvgIpc) is 2.86. The Kier molecular flexibility index (Phi) is 16.1. The standard InChI is InChI=1S/C13H13NO.C11H12O3.2C2H6/c1-11-4-2-3-5-12(11)10-15-13-6-8-14-9-7-13;1-8(12)3-4-9-5-6-11(14-2)10(13)7-9;2*1-2/h2-9H,10H2,1H3;3-7,13H,1-2H3;2*1-2H3/b;4-3+;;. The van der Waals surface area contributed by atoms with E-state index in [1.54, 1.807) is 30.6 Å². The lowest BCUT2D eigenvalue weighted by Crippen LogP contribution is -1.97. The Morgan fingerprint density at radius 1 is 1.00 bits per heavy atom. The Balaban J connectivity index is 0.000000541. The number of pyridine rings is 1. The van der Waals surface area contributed by atoms with Gasteiger partial charge in [0.05, 0.1) is 7.11 Å². The van der Waals surface area contributed by atoms with Gasteiger partial charge in [0.1, 0.15) is 12.4 Å². The van der Waals surface area contributed by atoms with Crippen molar-refractivity contribution in [1.82, 2.24) is 4.98 Å². The van der Waals surface area contributed by atoms with E-state index >= 15 is 0 Å². The second kappa shape index (κ2) is 18.0. The number of carbonyl (C=O) groups excluding carboxylic acids is 1. The number of aromatic nitrogens is 1. The number of aromatic hydroxyl groups is 1. The molecule has 5 heteroatoms. The first-order valence-electron chi connectivity index (χ1n) is 11.1. The molecule has 1 N–H and O–H groups in total. The molecule has 5 nitrogen and oxygen atoms in total. The normalized spacial score (nSPS) is 9.30. The van der Waals surface area contributed by atoms with Crippen molar-refractivity contribution in [2.45, 2.75) is 48.1 Å². The van der Waals surface area contributed by atoms with Gasteiger partial charge in [0.15, 0.2) is 17.3 Å². The van der Waals surface area contributed by atoms with Crippen molar-refractivity contribution in [3.05, 3.63) is 89.8 Å². The first kappa shape index (κ1) is 29.4. The van der Waals surface area contributed by atoms with E-state index < -0.39 is 0 Å². The molecule has 0 saturated carbocycles. The van der Waals surface area contributed by atoms with Gasteiger partial charge in [0.2, 0.25) is 0 Å². The van der Waals surface area contributed by atoms with Gasteiger partial charge in [-0.05, 0) is 60.9 Å². The summed E-state index contributed by atoms with van der Waals surface area (Å²) in [6, 6.07) is 16.9. The third-order valence-electron chi connectivity index (χ3n) is 4.02. The highest BCUT2D eigenvalue weighted by Crippen LogP contribution is 2.26. The number of benzene rings is 2. The summed E-state index contributed by atoms with van der Waals surface area (Å²) in [7, 11) is 1.49. The van der Waals surface area contributed by atoms with Crippen molar-refractivity contribution in [2.75, 3.05) is 7.11 Å². The Hall–Kier alpha value is -3.60. The summed E-state index contributed by atoms with van der Waals surface area (Å²) in [6.07, 6.45) is 6.54. The summed E-state index contributed by atoms with van der Waals surface area (Å²) in [5, 5.41) is 9.41. The van der Waals surface area contributed by atoms with Crippen LogP contribution in [0.4, 0.5) is 0 Å². The maximum Gasteiger partial charge on any atom is 0.160 e.